The van der Waals surface area contributed by atoms with E-state index in [4.69, 9.17) is 4.99 Å². The zero-order valence-electron chi connectivity index (χ0n) is 10.8. The first-order valence-corrected chi connectivity index (χ1v) is 7.67. The van der Waals surface area contributed by atoms with Crippen LogP contribution < -0.4 is 5.32 Å². The molecule has 0 aromatic carbocycles. The second-order valence-electron chi connectivity index (χ2n) is 5.30. The Morgan fingerprint density at radius 3 is 2.78 bits per heavy atom. The monoisotopic (exact) mass is 261 g/mol. The fourth-order valence-corrected chi connectivity index (χ4v) is 3.88. The van der Waals surface area contributed by atoms with Gasteiger partial charge in [-0.2, -0.15) is 0 Å². The van der Waals surface area contributed by atoms with E-state index in [1.165, 1.54) is 32.1 Å². The minimum atomic E-state index is 0.239. The summed E-state index contributed by atoms with van der Waals surface area (Å²) in [5, 5.41) is 4.46. The van der Waals surface area contributed by atoms with Gasteiger partial charge in [-0.1, -0.05) is 31.0 Å². The maximum atomic E-state index is 4.94. The second kappa shape index (κ2) is 4.92. The fourth-order valence-electron chi connectivity index (χ4n) is 2.68. The summed E-state index contributed by atoms with van der Waals surface area (Å²) < 4.78 is 0. The zero-order valence-corrected chi connectivity index (χ0v) is 11.6. The Hall–Kier alpha value is -1.03. The molecule has 4 heteroatoms. The quantitative estimate of drug-likeness (QED) is 0.839. The van der Waals surface area contributed by atoms with Gasteiger partial charge in [0.15, 0.2) is 5.17 Å². The van der Waals surface area contributed by atoms with Gasteiger partial charge >= 0.3 is 0 Å². The zero-order chi connectivity index (χ0) is 12.4. The van der Waals surface area contributed by atoms with E-state index in [0.29, 0.717) is 0 Å². The summed E-state index contributed by atoms with van der Waals surface area (Å²) in [5.74, 6) is 1.15. The van der Waals surface area contributed by atoms with Crippen LogP contribution in [-0.2, 0) is 0 Å². The van der Waals surface area contributed by atoms with Gasteiger partial charge < -0.3 is 5.32 Å². The number of hydrogen-bond donors (Lipinski definition) is 1. The summed E-state index contributed by atoms with van der Waals surface area (Å²) in [6.07, 6.45) is 8.46. The summed E-state index contributed by atoms with van der Waals surface area (Å²) in [7, 11) is 0. The van der Waals surface area contributed by atoms with Crippen LogP contribution in [0, 0.1) is 6.92 Å². The lowest BCUT2D eigenvalue weighted by molar-refractivity contribution is 0.335. The number of aryl methyl sites for hydroxylation is 1. The summed E-state index contributed by atoms with van der Waals surface area (Å²) in [4.78, 5) is 9.24. The molecule has 18 heavy (non-hydrogen) atoms. The Kier molecular flexibility index (Phi) is 3.29. The van der Waals surface area contributed by atoms with Gasteiger partial charge in [-0.15, -0.1) is 0 Å². The van der Waals surface area contributed by atoms with Crippen LogP contribution in [0.3, 0.4) is 0 Å². The van der Waals surface area contributed by atoms with Gasteiger partial charge in [-0.05, 0) is 31.9 Å². The van der Waals surface area contributed by atoms with Gasteiger partial charge in [0.25, 0.3) is 0 Å². The highest BCUT2D eigenvalue weighted by atomic mass is 32.2. The van der Waals surface area contributed by atoms with Crippen molar-refractivity contribution in [2.45, 2.75) is 44.6 Å². The number of aromatic nitrogens is 1. The van der Waals surface area contributed by atoms with E-state index in [1.54, 1.807) is 0 Å². The largest absolute Gasteiger partial charge is 0.334 e. The van der Waals surface area contributed by atoms with Gasteiger partial charge in [0, 0.05) is 11.4 Å². The van der Waals surface area contributed by atoms with E-state index >= 15 is 0 Å². The SMILES string of the molecule is Cc1ccc(NC2=NC3(CCCCC3)CS2)cn1. The number of thioether (sulfide) groups is 1. The maximum Gasteiger partial charge on any atom is 0.161 e. The smallest absolute Gasteiger partial charge is 0.161 e. The number of aliphatic imine (C=N–C) groups is 1. The second-order valence-corrected chi connectivity index (χ2v) is 6.27. The molecule has 0 bridgehead atoms. The summed E-state index contributed by atoms with van der Waals surface area (Å²) in [6.45, 7) is 2.00. The van der Waals surface area contributed by atoms with Crippen molar-refractivity contribution in [3.63, 3.8) is 0 Å². The Labute approximate surface area is 112 Å². The minimum Gasteiger partial charge on any atom is -0.334 e. The Morgan fingerprint density at radius 1 is 1.22 bits per heavy atom. The minimum absolute atomic E-state index is 0.239. The van der Waals surface area contributed by atoms with Crippen LogP contribution in [0.5, 0.6) is 0 Å². The van der Waals surface area contributed by atoms with Crippen LogP contribution in [0.1, 0.15) is 37.8 Å². The number of hydrogen-bond acceptors (Lipinski definition) is 4. The Morgan fingerprint density at radius 2 is 2.06 bits per heavy atom. The lowest BCUT2D eigenvalue weighted by Gasteiger charge is -2.29. The molecular weight excluding hydrogens is 242 g/mol. The van der Waals surface area contributed by atoms with E-state index in [1.807, 2.05) is 30.9 Å². The first kappa shape index (κ1) is 12.0. The van der Waals surface area contributed by atoms with E-state index < -0.39 is 0 Å². The number of nitrogens with zero attached hydrogens (tertiary/aromatic N) is 2. The highest BCUT2D eigenvalue weighted by Gasteiger charge is 2.36. The van der Waals surface area contributed by atoms with Gasteiger partial charge in [0.05, 0.1) is 17.4 Å². The molecule has 1 fully saturated rings. The van der Waals surface area contributed by atoms with Gasteiger partial charge in [0.2, 0.25) is 0 Å². The molecule has 2 heterocycles. The molecule has 1 spiro atoms. The maximum absolute atomic E-state index is 4.94. The number of nitrogens with one attached hydrogen (secondary N) is 1. The van der Waals surface area contributed by atoms with Crippen LogP contribution in [0.2, 0.25) is 0 Å². The van der Waals surface area contributed by atoms with Crippen molar-refractivity contribution >= 4 is 22.6 Å². The Bertz CT molecular complexity index is 447. The molecular formula is C14H19N3S. The highest BCUT2D eigenvalue weighted by molar-refractivity contribution is 8.14. The molecule has 0 amide bonds. The third kappa shape index (κ3) is 2.53. The summed E-state index contributed by atoms with van der Waals surface area (Å²) >= 11 is 1.86. The topological polar surface area (TPSA) is 37.3 Å². The molecule has 0 atom stereocenters. The van der Waals surface area contributed by atoms with Gasteiger partial charge in [0.1, 0.15) is 0 Å². The predicted octanol–water partition coefficient (Wildman–Crippen LogP) is 3.61. The predicted molar refractivity (Wildman–Crippen MR) is 78.3 cm³/mol. The molecule has 3 nitrogen and oxygen atoms in total. The molecule has 1 N–H and O–H groups in total. The Balaban J connectivity index is 1.70. The van der Waals surface area contributed by atoms with Crippen molar-refractivity contribution in [2.24, 2.45) is 4.99 Å². The average molecular weight is 261 g/mol. The number of pyridine rings is 1. The molecule has 1 saturated carbocycles. The van der Waals surface area contributed by atoms with E-state index in [-0.39, 0.29) is 5.54 Å². The molecule has 0 saturated heterocycles. The van der Waals surface area contributed by atoms with Crippen LogP contribution in [0.15, 0.2) is 23.3 Å². The number of anilines is 1. The normalized spacial score (nSPS) is 21.9. The van der Waals surface area contributed by atoms with Crippen LogP contribution in [0.4, 0.5) is 5.69 Å². The molecule has 2 aliphatic rings. The molecule has 0 radical (unpaired) electrons. The molecule has 3 rings (SSSR count). The average Bonchev–Trinajstić information content (AvgIpc) is 2.76. The first-order chi connectivity index (χ1) is 8.76. The standard InChI is InChI=1S/C14H19N3S/c1-11-5-6-12(9-15-11)16-13-17-14(10-18-13)7-3-2-4-8-14/h5-6,9H,2-4,7-8,10H2,1H3,(H,16,17). The van der Waals surface area contributed by atoms with Crippen LogP contribution in [0.25, 0.3) is 0 Å². The van der Waals surface area contributed by atoms with Crippen LogP contribution in [-0.4, -0.2) is 21.4 Å². The first-order valence-electron chi connectivity index (χ1n) is 6.68. The van der Waals surface area contributed by atoms with Crippen LogP contribution >= 0.6 is 11.8 Å². The molecule has 0 unspecified atom stereocenters. The van der Waals surface area contributed by atoms with E-state index in [9.17, 15) is 0 Å². The molecule has 1 aromatic rings. The number of amidine groups is 1. The van der Waals surface area contributed by atoms with Gasteiger partial charge in [-0.25, -0.2) is 0 Å². The third-order valence-corrected chi connectivity index (χ3v) is 4.91. The summed E-state index contributed by atoms with van der Waals surface area (Å²) in [5.41, 5.74) is 2.33. The number of rotatable bonds is 1. The van der Waals surface area contributed by atoms with Crippen molar-refractivity contribution in [3.05, 3.63) is 24.0 Å². The highest BCUT2D eigenvalue weighted by Crippen LogP contribution is 2.39. The van der Waals surface area contributed by atoms with E-state index in [0.717, 1.165) is 22.3 Å². The van der Waals surface area contributed by atoms with Crippen molar-refractivity contribution in [1.29, 1.82) is 0 Å². The molecule has 1 aliphatic carbocycles. The van der Waals surface area contributed by atoms with Gasteiger partial charge in [-0.3, -0.25) is 9.98 Å². The van der Waals surface area contributed by atoms with Crippen molar-refractivity contribution in [1.82, 2.24) is 4.98 Å². The van der Waals surface area contributed by atoms with E-state index in [2.05, 4.69) is 16.4 Å². The molecule has 1 aliphatic heterocycles. The van der Waals surface area contributed by atoms with Crippen molar-refractivity contribution < 1.29 is 0 Å². The molecule has 1 aromatic heterocycles. The summed E-state index contributed by atoms with van der Waals surface area (Å²) in [6, 6.07) is 4.09. The lowest BCUT2D eigenvalue weighted by atomic mass is 9.84. The fraction of sp³-hybridized carbons (Fsp3) is 0.571. The lowest BCUT2D eigenvalue weighted by Crippen LogP contribution is -2.29. The molecule has 96 valence electrons. The van der Waals surface area contributed by atoms with Crippen molar-refractivity contribution in [2.75, 3.05) is 11.1 Å². The van der Waals surface area contributed by atoms with Crippen molar-refractivity contribution in [3.8, 4) is 0 Å². The third-order valence-electron chi connectivity index (χ3n) is 3.76.